The van der Waals surface area contributed by atoms with E-state index in [2.05, 4.69) is 65.1 Å². The van der Waals surface area contributed by atoms with Gasteiger partial charge in [0, 0.05) is 23.4 Å². The highest BCUT2D eigenvalue weighted by Gasteiger charge is 2.30. The zero-order valence-corrected chi connectivity index (χ0v) is 20.0. The minimum atomic E-state index is -0.275. The lowest BCUT2D eigenvalue weighted by molar-refractivity contribution is -0.111. The van der Waals surface area contributed by atoms with Gasteiger partial charge in [0.05, 0.1) is 29.2 Å². The van der Waals surface area contributed by atoms with E-state index in [1.807, 2.05) is 0 Å². The van der Waals surface area contributed by atoms with Crippen molar-refractivity contribution in [1.29, 1.82) is 5.26 Å². The standard InChI is InChI=1S/C29H27N5O/c1-3-19-16-21(4-2)33-29-28(19)24(17-30)26(13-14-27(35)32-22-9-7-15-31-18-22)34(29)25-12-11-20-8-5-6-10-23(20)25/h5-10,13-16,18,25H,3-4,11-12H2,1-2H3,(H,32,35)/b14-13+. The van der Waals surface area contributed by atoms with Crippen LogP contribution in [0, 0.1) is 11.3 Å². The van der Waals surface area contributed by atoms with Gasteiger partial charge in [0.25, 0.3) is 0 Å². The minimum absolute atomic E-state index is 0.0566. The van der Waals surface area contributed by atoms with E-state index in [9.17, 15) is 10.1 Å². The lowest BCUT2D eigenvalue weighted by Gasteiger charge is -2.18. The van der Waals surface area contributed by atoms with E-state index < -0.39 is 0 Å². The zero-order chi connectivity index (χ0) is 24.4. The molecular weight excluding hydrogens is 434 g/mol. The van der Waals surface area contributed by atoms with E-state index in [4.69, 9.17) is 4.98 Å². The van der Waals surface area contributed by atoms with Crippen LogP contribution in [0.5, 0.6) is 0 Å². The number of pyridine rings is 2. The van der Waals surface area contributed by atoms with Crippen molar-refractivity contribution in [2.75, 3.05) is 5.32 Å². The first kappa shape index (κ1) is 22.5. The number of carbonyl (C=O) groups excluding carboxylic acids is 1. The van der Waals surface area contributed by atoms with Crippen LogP contribution in [-0.2, 0) is 24.1 Å². The van der Waals surface area contributed by atoms with E-state index in [1.165, 1.54) is 17.2 Å². The fourth-order valence-electron chi connectivity index (χ4n) is 5.08. The van der Waals surface area contributed by atoms with E-state index in [-0.39, 0.29) is 11.9 Å². The lowest BCUT2D eigenvalue weighted by atomic mass is 10.0. The molecule has 0 fully saturated rings. The van der Waals surface area contributed by atoms with Crippen molar-refractivity contribution in [3.63, 3.8) is 0 Å². The van der Waals surface area contributed by atoms with Gasteiger partial charge in [0.1, 0.15) is 11.7 Å². The van der Waals surface area contributed by atoms with Gasteiger partial charge >= 0.3 is 0 Å². The van der Waals surface area contributed by atoms with Crippen molar-refractivity contribution < 1.29 is 4.79 Å². The Labute approximate surface area is 205 Å². The number of benzene rings is 1. The summed E-state index contributed by atoms with van der Waals surface area (Å²) in [7, 11) is 0. The summed E-state index contributed by atoms with van der Waals surface area (Å²) < 4.78 is 2.19. The summed E-state index contributed by atoms with van der Waals surface area (Å²) in [6, 6.07) is 16.6. The van der Waals surface area contributed by atoms with Gasteiger partial charge in [0.15, 0.2) is 0 Å². The van der Waals surface area contributed by atoms with Gasteiger partial charge in [0.2, 0.25) is 5.91 Å². The Kier molecular flexibility index (Phi) is 6.15. The summed E-state index contributed by atoms with van der Waals surface area (Å²) >= 11 is 0. The molecule has 3 aromatic heterocycles. The Morgan fingerprint density at radius 3 is 2.83 bits per heavy atom. The van der Waals surface area contributed by atoms with Gasteiger partial charge in [-0.2, -0.15) is 5.26 Å². The lowest BCUT2D eigenvalue weighted by Crippen LogP contribution is -2.12. The molecule has 3 heterocycles. The maximum atomic E-state index is 12.7. The van der Waals surface area contributed by atoms with Gasteiger partial charge in [-0.1, -0.05) is 38.1 Å². The SMILES string of the molecule is CCc1cc(CC)c2c(C#N)c(/C=C/C(=O)Nc3cccnc3)n(C3CCc4ccccc43)c2n1. The zero-order valence-electron chi connectivity index (χ0n) is 20.0. The maximum Gasteiger partial charge on any atom is 0.248 e. The van der Waals surface area contributed by atoms with Crippen LogP contribution in [0.25, 0.3) is 17.1 Å². The number of nitrogens with one attached hydrogen (secondary N) is 1. The molecule has 0 aliphatic heterocycles. The summed E-state index contributed by atoms with van der Waals surface area (Å²) in [5.74, 6) is -0.275. The molecule has 35 heavy (non-hydrogen) atoms. The maximum absolute atomic E-state index is 12.7. The number of anilines is 1. The van der Waals surface area contributed by atoms with Crippen molar-refractivity contribution in [2.24, 2.45) is 0 Å². The quantitative estimate of drug-likeness (QED) is 0.378. The van der Waals surface area contributed by atoms with Gasteiger partial charge < -0.3 is 9.88 Å². The molecule has 4 aromatic rings. The predicted molar refractivity (Wildman–Crippen MR) is 138 cm³/mol. The number of aryl methyl sites for hydroxylation is 3. The van der Waals surface area contributed by atoms with E-state index in [0.717, 1.165) is 53.7 Å². The van der Waals surface area contributed by atoms with E-state index >= 15 is 0 Å². The second-order valence-electron chi connectivity index (χ2n) is 8.74. The molecule has 1 aliphatic carbocycles. The van der Waals surface area contributed by atoms with Crippen LogP contribution in [-0.4, -0.2) is 20.4 Å². The van der Waals surface area contributed by atoms with Crippen LogP contribution in [0.4, 0.5) is 5.69 Å². The number of rotatable bonds is 6. The third-order valence-corrected chi connectivity index (χ3v) is 6.72. The highest BCUT2D eigenvalue weighted by Crippen LogP contribution is 2.40. The highest BCUT2D eigenvalue weighted by atomic mass is 16.1. The van der Waals surface area contributed by atoms with Crippen molar-refractivity contribution in [2.45, 2.75) is 45.6 Å². The molecule has 174 valence electrons. The summed E-state index contributed by atoms with van der Waals surface area (Å²) in [6.45, 7) is 4.20. The Bertz CT molecular complexity index is 1480. The van der Waals surface area contributed by atoms with E-state index in [0.29, 0.717) is 11.3 Å². The molecule has 1 aliphatic rings. The molecule has 1 atom stereocenters. The Balaban J connectivity index is 1.69. The first-order valence-corrected chi connectivity index (χ1v) is 12.1. The van der Waals surface area contributed by atoms with Crippen molar-refractivity contribution in [3.8, 4) is 6.07 Å². The van der Waals surface area contributed by atoms with Crippen LogP contribution in [0.3, 0.4) is 0 Å². The monoisotopic (exact) mass is 461 g/mol. The number of nitriles is 1. The first-order valence-electron chi connectivity index (χ1n) is 12.1. The molecular formula is C29H27N5O. The van der Waals surface area contributed by atoms with Crippen LogP contribution in [0.15, 0.2) is 60.9 Å². The first-order chi connectivity index (χ1) is 17.1. The number of hydrogen-bond acceptors (Lipinski definition) is 4. The van der Waals surface area contributed by atoms with Crippen molar-refractivity contribution in [3.05, 3.63) is 94.6 Å². The van der Waals surface area contributed by atoms with Gasteiger partial charge in [-0.3, -0.25) is 9.78 Å². The Hall–Kier alpha value is -4.24. The van der Waals surface area contributed by atoms with Gasteiger partial charge in [-0.05, 0) is 66.6 Å². The minimum Gasteiger partial charge on any atom is -0.321 e. The molecule has 0 saturated carbocycles. The summed E-state index contributed by atoms with van der Waals surface area (Å²) in [5, 5.41) is 14.0. The number of hydrogen-bond donors (Lipinski definition) is 1. The number of amides is 1. The molecule has 1 amide bonds. The molecule has 1 N–H and O–H groups in total. The van der Waals surface area contributed by atoms with E-state index in [1.54, 1.807) is 30.6 Å². The third kappa shape index (κ3) is 4.10. The predicted octanol–water partition coefficient (Wildman–Crippen LogP) is 5.62. The topological polar surface area (TPSA) is 83.6 Å². The molecule has 6 heteroatoms. The Morgan fingerprint density at radius 2 is 2.09 bits per heavy atom. The number of aromatic nitrogens is 3. The smallest absolute Gasteiger partial charge is 0.248 e. The average molecular weight is 462 g/mol. The highest BCUT2D eigenvalue weighted by molar-refractivity contribution is 6.03. The molecule has 0 radical (unpaired) electrons. The number of fused-ring (bicyclic) bond motifs is 2. The molecule has 6 nitrogen and oxygen atoms in total. The fourth-order valence-corrected chi connectivity index (χ4v) is 5.08. The van der Waals surface area contributed by atoms with Gasteiger partial charge in [-0.15, -0.1) is 0 Å². The molecule has 0 spiro atoms. The number of carbonyl (C=O) groups is 1. The summed E-state index contributed by atoms with van der Waals surface area (Å²) in [5.41, 5.74) is 7.44. The largest absolute Gasteiger partial charge is 0.321 e. The Morgan fingerprint density at radius 1 is 1.23 bits per heavy atom. The van der Waals surface area contributed by atoms with Crippen molar-refractivity contribution >= 4 is 28.7 Å². The average Bonchev–Trinajstić information content (AvgIpc) is 3.45. The van der Waals surface area contributed by atoms with Crippen LogP contribution < -0.4 is 5.32 Å². The molecule has 1 aromatic carbocycles. The third-order valence-electron chi connectivity index (χ3n) is 6.72. The molecule has 0 saturated heterocycles. The summed E-state index contributed by atoms with van der Waals surface area (Å²) in [4.78, 5) is 21.8. The fraction of sp³-hybridized carbons (Fsp3) is 0.241. The van der Waals surface area contributed by atoms with Gasteiger partial charge in [-0.25, -0.2) is 4.98 Å². The molecule has 0 bridgehead atoms. The second kappa shape index (κ2) is 9.55. The van der Waals surface area contributed by atoms with Crippen LogP contribution >= 0.6 is 0 Å². The molecule has 5 rings (SSSR count). The van der Waals surface area contributed by atoms with Crippen LogP contribution in [0.2, 0.25) is 0 Å². The normalized spacial score (nSPS) is 14.8. The molecule has 1 unspecified atom stereocenters. The second-order valence-corrected chi connectivity index (χ2v) is 8.74. The number of nitrogens with zero attached hydrogens (tertiary/aromatic N) is 4. The summed E-state index contributed by atoms with van der Waals surface area (Å²) in [6.07, 6.45) is 10.0. The van der Waals surface area contributed by atoms with Crippen LogP contribution in [0.1, 0.15) is 60.0 Å². The van der Waals surface area contributed by atoms with Crippen molar-refractivity contribution in [1.82, 2.24) is 14.5 Å².